The van der Waals surface area contributed by atoms with Crippen molar-refractivity contribution in [1.29, 1.82) is 0 Å². The number of amides is 3. The van der Waals surface area contributed by atoms with Gasteiger partial charge in [-0.2, -0.15) is 0 Å². The molecule has 1 heterocycles. The number of rotatable bonds is 13. The molecule has 0 radical (unpaired) electrons. The van der Waals surface area contributed by atoms with Crippen LogP contribution in [0.1, 0.15) is 31.5 Å². The van der Waals surface area contributed by atoms with Crippen molar-refractivity contribution in [2.45, 2.75) is 51.2 Å². The van der Waals surface area contributed by atoms with Gasteiger partial charge in [0.05, 0.1) is 18.9 Å². The lowest BCUT2D eigenvalue weighted by molar-refractivity contribution is -0.142. The van der Waals surface area contributed by atoms with Crippen LogP contribution in [0.25, 0.3) is 0 Å². The number of nitrogens with zero attached hydrogens (tertiary/aromatic N) is 1. The number of aliphatic carboxylic acids is 1. The van der Waals surface area contributed by atoms with Gasteiger partial charge in [0.2, 0.25) is 17.7 Å². The number of aromatic amines is 1. The summed E-state index contributed by atoms with van der Waals surface area (Å²) in [6, 6.07) is 5.93. The molecule has 0 aliphatic carbocycles. The minimum Gasteiger partial charge on any atom is -0.480 e. The summed E-state index contributed by atoms with van der Waals surface area (Å²) in [5.74, 6) is -3.16. The first kappa shape index (κ1) is 26.5. The molecule has 2 aromatic rings. The first-order chi connectivity index (χ1) is 16.2. The fourth-order valence-corrected chi connectivity index (χ4v) is 3.26. The van der Waals surface area contributed by atoms with Crippen molar-refractivity contribution in [3.8, 4) is 0 Å². The molecule has 0 aliphatic heterocycles. The fourth-order valence-electron chi connectivity index (χ4n) is 3.26. The Balaban J connectivity index is 1.94. The van der Waals surface area contributed by atoms with Gasteiger partial charge >= 0.3 is 5.97 Å². The summed E-state index contributed by atoms with van der Waals surface area (Å²) < 4.78 is 0. The van der Waals surface area contributed by atoms with Crippen LogP contribution in [0, 0.1) is 5.92 Å². The second kappa shape index (κ2) is 13.1. The minimum absolute atomic E-state index is 0.105. The van der Waals surface area contributed by atoms with Gasteiger partial charge in [0, 0.05) is 24.7 Å². The van der Waals surface area contributed by atoms with Crippen LogP contribution in [-0.4, -0.2) is 63.4 Å². The molecule has 34 heavy (non-hydrogen) atoms. The average molecular weight is 473 g/mol. The molecule has 7 N–H and O–H groups in total. The first-order valence-electron chi connectivity index (χ1n) is 11.1. The summed E-state index contributed by atoms with van der Waals surface area (Å²) in [5, 5.41) is 17.1. The Morgan fingerprint density at radius 1 is 1.09 bits per heavy atom. The van der Waals surface area contributed by atoms with E-state index in [1.807, 2.05) is 13.0 Å². The second-order valence-electron chi connectivity index (χ2n) is 8.13. The fraction of sp³-hybridized carbons (Fsp3) is 0.435. The summed E-state index contributed by atoms with van der Waals surface area (Å²) in [4.78, 5) is 56.0. The number of nitrogens with one attached hydrogen (secondary N) is 4. The van der Waals surface area contributed by atoms with Crippen LogP contribution in [0.5, 0.6) is 0 Å². The third-order valence-corrected chi connectivity index (χ3v) is 5.46. The molecule has 0 fully saturated rings. The number of aromatic nitrogens is 2. The molecule has 4 unspecified atom stereocenters. The lowest BCUT2D eigenvalue weighted by Gasteiger charge is -2.25. The van der Waals surface area contributed by atoms with Crippen LogP contribution in [0.15, 0.2) is 42.9 Å². The molecule has 0 spiro atoms. The number of H-pyrrole nitrogens is 1. The molecule has 0 bridgehead atoms. The van der Waals surface area contributed by atoms with E-state index >= 15 is 0 Å². The Labute approximate surface area is 197 Å². The molecule has 0 saturated carbocycles. The van der Waals surface area contributed by atoms with Gasteiger partial charge in [-0.25, -0.2) is 9.78 Å². The molecule has 11 nitrogen and oxygen atoms in total. The molecule has 0 aliphatic rings. The maximum atomic E-state index is 12.9. The Hall–Kier alpha value is -3.73. The molecule has 0 saturated heterocycles. The van der Waals surface area contributed by atoms with Crippen LogP contribution in [0.4, 0.5) is 0 Å². The van der Waals surface area contributed by atoms with Gasteiger partial charge in [-0.1, -0.05) is 50.6 Å². The van der Waals surface area contributed by atoms with E-state index in [4.69, 9.17) is 5.73 Å². The predicted octanol–water partition coefficient (Wildman–Crippen LogP) is -0.261. The van der Waals surface area contributed by atoms with E-state index in [1.165, 1.54) is 6.33 Å². The minimum atomic E-state index is -1.18. The van der Waals surface area contributed by atoms with Gasteiger partial charge in [-0.3, -0.25) is 14.4 Å². The van der Waals surface area contributed by atoms with Crippen LogP contribution in [0.2, 0.25) is 0 Å². The van der Waals surface area contributed by atoms with Gasteiger partial charge in [-0.05, 0) is 11.5 Å². The van der Waals surface area contributed by atoms with Crippen molar-refractivity contribution in [2.24, 2.45) is 11.7 Å². The number of nitrogens with two attached hydrogens (primary N) is 1. The zero-order valence-electron chi connectivity index (χ0n) is 19.3. The van der Waals surface area contributed by atoms with E-state index < -0.39 is 41.8 Å². The van der Waals surface area contributed by atoms with Gasteiger partial charge in [0.1, 0.15) is 12.1 Å². The van der Waals surface area contributed by atoms with E-state index in [9.17, 15) is 24.3 Å². The molecule has 2 rings (SSSR count). The van der Waals surface area contributed by atoms with Crippen molar-refractivity contribution < 1.29 is 24.3 Å². The first-order valence-corrected chi connectivity index (χ1v) is 11.1. The Bertz CT molecular complexity index is 950. The monoisotopic (exact) mass is 472 g/mol. The Kier molecular flexibility index (Phi) is 10.2. The average Bonchev–Trinajstić information content (AvgIpc) is 3.33. The Morgan fingerprint density at radius 3 is 2.38 bits per heavy atom. The molecular formula is C23H32N6O5. The molecule has 3 amide bonds. The van der Waals surface area contributed by atoms with Crippen molar-refractivity contribution in [3.05, 3.63) is 54.1 Å². The molecule has 1 aromatic carbocycles. The smallest absolute Gasteiger partial charge is 0.326 e. The third kappa shape index (κ3) is 8.32. The van der Waals surface area contributed by atoms with Crippen LogP contribution >= 0.6 is 0 Å². The van der Waals surface area contributed by atoms with E-state index in [0.29, 0.717) is 12.1 Å². The quantitative estimate of drug-likeness (QED) is 0.232. The number of hydrogen-bond acceptors (Lipinski definition) is 6. The van der Waals surface area contributed by atoms with E-state index in [0.717, 1.165) is 5.56 Å². The largest absolute Gasteiger partial charge is 0.480 e. The Morgan fingerprint density at radius 2 is 1.79 bits per heavy atom. The molecule has 11 heteroatoms. The maximum absolute atomic E-state index is 12.9. The van der Waals surface area contributed by atoms with Gasteiger partial charge in [0.25, 0.3) is 0 Å². The highest BCUT2D eigenvalue weighted by Crippen LogP contribution is 2.10. The zero-order valence-corrected chi connectivity index (χ0v) is 19.3. The van der Waals surface area contributed by atoms with Crippen LogP contribution in [0.3, 0.4) is 0 Å². The summed E-state index contributed by atoms with van der Waals surface area (Å²) in [6.45, 7) is 3.25. The van der Waals surface area contributed by atoms with Gasteiger partial charge < -0.3 is 31.8 Å². The maximum Gasteiger partial charge on any atom is 0.326 e. The number of benzene rings is 1. The van der Waals surface area contributed by atoms with Crippen molar-refractivity contribution in [3.63, 3.8) is 0 Å². The normalized spacial score (nSPS) is 14.3. The summed E-state index contributed by atoms with van der Waals surface area (Å²) in [7, 11) is 0. The number of carbonyl (C=O) groups excluding carboxylic acids is 3. The van der Waals surface area contributed by atoms with Gasteiger partial charge in [0.15, 0.2) is 0 Å². The molecule has 1 aromatic heterocycles. The van der Waals surface area contributed by atoms with E-state index in [2.05, 4.69) is 25.9 Å². The van der Waals surface area contributed by atoms with E-state index in [-0.39, 0.29) is 25.3 Å². The van der Waals surface area contributed by atoms with E-state index in [1.54, 1.807) is 37.4 Å². The van der Waals surface area contributed by atoms with Crippen molar-refractivity contribution in [1.82, 2.24) is 25.9 Å². The zero-order chi connectivity index (χ0) is 25.1. The highest BCUT2D eigenvalue weighted by molar-refractivity contribution is 5.92. The van der Waals surface area contributed by atoms with Crippen LogP contribution < -0.4 is 21.7 Å². The predicted molar refractivity (Wildman–Crippen MR) is 124 cm³/mol. The number of carboxylic acids is 1. The highest BCUT2D eigenvalue weighted by Gasteiger charge is 2.30. The number of hydrogen-bond donors (Lipinski definition) is 6. The summed E-state index contributed by atoms with van der Waals surface area (Å²) in [5.41, 5.74) is 7.29. The lowest BCUT2D eigenvalue weighted by Crippen LogP contribution is -2.56. The summed E-state index contributed by atoms with van der Waals surface area (Å²) in [6.07, 6.45) is 3.92. The second-order valence-corrected chi connectivity index (χ2v) is 8.13. The van der Waals surface area contributed by atoms with Crippen molar-refractivity contribution in [2.75, 3.05) is 6.54 Å². The topological polar surface area (TPSA) is 179 Å². The SMILES string of the molecule is CCC(C)C(NC(=O)CNC(=O)C(N)Cc1cnc[nH]1)C(=O)NC(Cc1ccccc1)C(=O)O. The van der Waals surface area contributed by atoms with Gasteiger partial charge in [-0.15, -0.1) is 0 Å². The highest BCUT2D eigenvalue weighted by atomic mass is 16.4. The molecular weight excluding hydrogens is 440 g/mol. The number of carboxylic acid groups (broad SMARTS) is 1. The standard InChI is InChI=1S/C23H32N6O5/c1-3-14(2)20(22(32)28-18(23(33)34)9-15-7-5-4-6-8-15)29-19(30)12-26-21(31)17(24)10-16-11-25-13-27-16/h4-8,11,13-14,17-18,20H,3,9-10,12,24H2,1-2H3,(H,25,27)(H,26,31)(H,28,32)(H,29,30)(H,33,34). The molecule has 184 valence electrons. The summed E-state index contributed by atoms with van der Waals surface area (Å²) >= 11 is 0. The third-order valence-electron chi connectivity index (χ3n) is 5.46. The number of carbonyl (C=O) groups is 4. The molecule has 4 atom stereocenters. The number of imidazole rings is 1. The van der Waals surface area contributed by atoms with Crippen LogP contribution in [-0.2, 0) is 32.0 Å². The lowest BCUT2D eigenvalue weighted by atomic mass is 9.97. The van der Waals surface area contributed by atoms with Crippen molar-refractivity contribution >= 4 is 23.7 Å².